The zero-order valence-corrected chi connectivity index (χ0v) is 12.8. The third kappa shape index (κ3) is 3.19. The Balaban J connectivity index is 1.99. The third-order valence-electron chi connectivity index (χ3n) is 2.32. The Kier molecular flexibility index (Phi) is 4.21. The summed E-state index contributed by atoms with van der Waals surface area (Å²) in [6.45, 7) is 2.77. The number of hydrogen-bond donors (Lipinski definition) is 1. The minimum atomic E-state index is -3.41. The number of aryl methyl sites for hydroxylation is 1. The zero-order valence-electron chi connectivity index (χ0n) is 9.63. The molecule has 0 aliphatic rings. The van der Waals surface area contributed by atoms with Gasteiger partial charge in [-0.3, -0.25) is 0 Å². The second kappa shape index (κ2) is 5.52. The fourth-order valence-electron chi connectivity index (χ4n) is 1.36. The highest BCUT2D eigenvalue weighted by Gasteiger charge is 2.17. The highest BCUT2D eigenvalue weighted by molar-refractivity contribution is 9.11. The van der Waals surface area contributed by atoms with Crippen LogP contribution in [0.15, 0.2) is 32.8 Å². The van der Waals surface area contributed by atoms with Gasteiger partial charge in [0.25, 0.3) is 0 Å². The Morgan fingerprint density at radius 1 is 1.56 bits per heavy atom. The van der Waals surface area contributed by atoms with Gasteiger partial charge in [0.2, 0.25) is 10.0 Å². The molecule has 0 radical (unpaired) electrons. The van der Waals surface area contributed by atoms with Crippen molar-refractivity contribution in [2.75, 3.05) is 6.54 Å². The van der Waals surface area contributed by atoms with Gasteiger partial charge in [0.15, 0.2) is 0 Å². The van der Waals surface area contributed by atoms with Gasteiger partial charge >= 0.3 is 0 Å². The van der Waals surface area contributed by atoms with E-state index in [-0.39, 0.29) is 0 Å². The molecule has 0 fully saturated rings. The lowest BCUT2D eigenvalue weighted by atomic mass is 10.4. The maximum Gasteiger partial charge on any atom is 0.250 e. The lowest BCUT2D eigenvalue weighted by Crippen LogP contribution is -2.26. The SMILES string of the molecule is Cc1cc(S(=O)(=O)NCCn2ccnc2)sc1Br. The molecule has 2 rings (SSSR count). The minimum absolute atomic E-state index is 0.331. The van der Waals surface area contributed by atoms with Crippen LogP contribution in [0, 0.1) is 6.92 Å². The number of imidazole rings is 1. The van der Waals surface area contributed by atoms with Crippen LogP contribution in [0.2, 0.25) is 0 Å². The van der Waals surface area contributed by atoms with Crippen LogP contribution in [0.5, 0.6) is 0 Å². The molecule has 0 bridgehead atoms. The normalized spacial score (nSPS) is 11.9. The Morgan fingerprint density at radius 3 is 2.89 bits per heavy atom. The van der Waals surface area contributed by atoms with Crippen LogP contribution < -0.4 is 4.72 Å². The number of thiophene rings is 1. The van der Waals surface area contributed by atoms with Crippen LogP contribution in [0.1, 0.15) is 5.56 Å². The average Bonchev–Trinajstić information content (AvgIpc) is 2.90. The summed E-state index contributed by atoms with van der Waals surface area (Å²) < 4.78 is 29.5. The van der Waals surface area contributed by atoms with Crippen LogP contribution >= 0.6 is 27.3 Å². The lowest BCUT2D eigenvalue weighted by Gasteiger charge is -2.04. The van der Waals surface area contributed by atoms with Crippen molar-refractivity contribution in [2.24, 2.45) is 0 Å². The molecule has 0 saturated carbocycles. The lowest BCUT2D eigenvalue weighted by molar-refractivity contribution is 0.575. The molecule has 0 aromatic carbocycles. The van der Waals surface area contributed by atoms with E-state index < -0.39 is 10.0 Å². The highest BCUT2D eigenvalue weighted by atomic mass is 79.9. The Bertz CT molecular complexity index is 600. The van der Waals surface area contributed by atoms with Crippen molar-refractivity contribution in [3.05, 3.63) is 34.1 Å². The van der Waals surface area contributed by atoms with Crippen LogP contribution in [-0.2, 0) is 16.6 Å². The second-order valence-electron chi connectivity index (χ2n) is 3.72. The van der Waals surface area contributed by atoms with E-state index in [4.69, 9.17) is 0 Å². The van der Waals surface area contributed by atoms with Gasteiger partial charge in [-0.15, -0.1) is 11.3 Å². The summed E-state index contributed by atoms with van der Waals surface area (Å²) in [7, 11) is -3.41. The summed E-state index contributed by atoms with van der Waals surface area (Å²) in [5.74, 6) is 0. The van der Waals surface area contributed by atoms with E-state index in [9.17, 15) is 8.42 Å². The predicted molar refractivity (Wildman–Crippen MR) is 74.2 cm³/mol. The van der Waals surface area contributed by atoms with Crippen molar-refractivity contribution < 1.29 is 8.42 Å². The molecule has 2 aromatic rings. The van der Waals surface area contributed by atoms with Crippen LogP contribution in [0.3, 0.4) is 0 Å². The van der Waals surface area contributed by atoms with Gasteiger partial charge < -0.3 is 4.57 Å². The van der Waals surface area contributed by atoms with Gasteiger partial charge in [-0.05, 0) is 34.5 Å². The number of nitrogens with one attached hydrogen (secondary N) is 1. The van der Waals surface area contributed by atoms with Gasteiger partial charge in [0.05, 0.1) is 10.1 Å². The quantitative estimate of drug-likeness (QED) is 0.897. The number of nitrogens with zero attached hydrogens (tertiary/aromatic N) is 2. The number of sulfonamides is 1. The summed E-state index contributed by atoms with van der Waals surface area (Å²) in [6, 6.07) is 1.66. The van der Waals surface area contributed by atoms with Crippen LogP contribution in [-0.4, -0.2) is 24.5 Å². The van der Waals surface area contributed by atoms with Crippen molar-refractivity contribution in [3.63, 3.8) is 0 Å². The van der Waals surface area contributed by atoms with Crippen molar-refractivity contribution >= 4 is 37.3 Å². The van der Waals surface area contributed by atoms with Gasteiger partial charge in [-0.25, -0.2) is 18.1 Å². The van der Waals surface area contributed by atoms with E-state index in [1.165, 1.54) is 11.3 Å². The first-order chi connectivity index (χ1) is 8.49. The van der Waals surface area contributed by atoms with E-state index in [1.807, 2.05) is 11.5 Å². The molecule has 0 amide bonds. The Hall–Kier alpha value is -0.700. The topological polar surface area (TPSA) is 64.0 Å². The van der Waals surface area contributed by atoms with E-state index in [0.29, 0.717) is 17.3 Å². The van der Waals surface area contributed by atoms with Crippen molar-refractivity contribution in [1.29, 1.82) is 0 Å². The first-order valence-electron chi connectivity index (χ1n) is 5.20. The van der Waals surface area contributed by atoms with Gasteiger partial charge in [-0.1, -0.05) is 0 Å². The number of halogens is 1. The van der Waals surface area contributed by atoms with Crippen molar-refractivity contribution in [3.8, 4) is 0 Å². The molecule has 0 saturated heterocycles. The van der Waals surface area contributed by atoms with E-state index in [0.717, 1.165) is 9.35 Å². The Labute approximate surface area is 118 Å². The van der Waals surface area contributed by atoms with Crippen molar-refractivity contribution in [2.45, 2.75) is 17.7 Å². The van der Waals surface area contributed by atoms with E-state index >= 15 is 0 Å². The molecule has 0 aliphatic carbocycles. The number of hydrogen-bond acceptors (Lipinski definition) is 4. The molecular formula is C10H12BrN3O2S2. The molecule has 5 nitrogen and oxygen atoms in total. The fourth-order valence-corrected chi connectivity index (χ4v) is 4.65. The summed E-state index contributed by atoms with van der Waals surface area (Å²) in [6.07, 6.45) is 5.11. The van der Waals surface area contributed by atoms with Gasteiger partial charge in [0, 0.05) is 25.5 Å². The Morgan fingerprint density at radius 2 is 2.33 bits per heavy atom. The molecule has 1 N–H and O–H groups in total. The maximum absolute atomic E-state index is 12.0. The first-order valence-corrected chi connectivity index (χ1v) is 8.29. The van der Waals surface area contributed by atoms with E-state index in [1.54, 1.807) is 24.8 Å². The number of rotatable bonds is 5. The smallest absolute Gasteiger partial charge is 0.250 e. The molecule has 0 aliphatic heterocycles. The molecule has 2 aromatic heterocycles. The minimum Gasteiger partial charge on any atom is -0.336 e. The summed E-state index contributed by atoms with van der Waals surface area (Å²) in [5, 5.41) is 0. The summed E-state index contributed by atoms with van der Waals surface area (Å²) in [5.41, 5.74) is 0.926. The first kappa shape index (κ1) is 13.7. The molecule has 98 valence electrons. The monoisotopic (exact) mass is 349 g/mol. The zero-order chi connectivity index (χ0) is 13.2. The van der Waals surface area contributed by atoms with Crippen LogP contribution in [0.4, 0.5) is 0 Å². The second-order valence-corrected chi connectivity index (χ2v) is 8.08. The van der Waals surface area contributed by atoms with Crippen molar-refractivity contribution in [1.82, 2.24) is 14.3 Å². The molecule has 18 heavy (non-hydrogen) atoms. The molecule has 8 heteroatoms. The van der Waals surface area contributed by atoms with Crippen LogP contribution in [0.25, 0.3) is 0 Å². The predicted octanol–water partition coefficient (Wildman–Crippen LogP) is 1.99. The maximum atomic E-state index is 12.0. The highest BCUT2D eigenvalue weighted by Crippen LogP contribution is 2.30. The fraction of sp³-hybridized carbons (Fsp3) is 0.300. The largest absolute Gasteiger partial charge is 0.336 e. The molecule has 0 unspecified atom stereocenters. The molecule has 0 atom stereocenters. The molecule has 2 heterocycles. The molecular weight excluding hydrogens is 338 g/mol. The summed E-state index contributed by atoms with van der Waals surface area (Å²) >= 11 is 4.54. The molecule has 0 spiro atoms. The van der Waals surface area contributed by atoms with E-state index in [2.05, 4.69) is 25.6 Å². The van der Waals surface area contributed by atoms with Gasteiger partial charge in [-0.2, -0.15) is 0 Å². The van der Waals surface area contributed by atoms with Gasteiger partial charge in [0.1, 0.15) is 4.21 Å². The standard InChI is InChI=1S/C10H12BrN3O2S2/c1-8-6-9(17-10(8)11)18(15,16)13-3-5-14-4-2-12-7-14/h2,4,6-7,13H,3,5H2,1H3. The number of aromatic nitrogens is 2. The average molecular weight is 350 g/mol. The third-order valence-corrected chi connectivity index (χ3v) is 6.39. The summed E-state index contributed by atoms with van der Waals surface area (Å²) in [4.78, 5) is 3.89.